The van der Waals surface area contributed by atoms with Crippen LogP contribution in [0.25, 0.3) is 11.4 Å². The number of aromatic nitrogens is 3. The van der Waals surface area contributed by atoms with Gasteiger partial charge in [-0.1, -0.05) is 59.9 Å². The first-order valence-corrected chi connectivity index (χ1v) is 12.1. The van der Waals surface area contributed by atoms with Crippen LogP contribution in [0, 0.1) is 0 Å². The second-order valence-electron chi connectivity index (χ2n) is 7.62. The van der Waals surface area contributed by atoms with Crippen LogP contribution in [0.3, 0.4) is 0 Å². The third-order valence-corrected chi connectivity index (χ3v) is 7.12. The zero-order valence-electron chi connectivity index (χ0n) is 17.0. The van der Waals surface area contributed by atoms with Gasteiger partial charge in [-0.15, -0.1) is 10.2 Å². The van der Waals surface area contributed by atoms with Gasteiger partial charge >= 0.3 is 0 Å². The molecule has 7 nitrogen and oxygen atoms in total. The lowest BCUT2D eigenvalue weighted by molar-refractivity contribution is -0.113. The number of benzene rings is 2. The number of nitrogens with one attached hydrogen (secondary N) is 1. The average Bonchev–Trinajstić information content (AvgIpc) is 3.53. The summed E-state index contributed by atoms with van der Waals surface area (Å²) in [6.45, 7) is 0.142. The van der Waals surface area contributed by atoms with Crippen molar-refractivity contribution in [2.75, 3.05) is 17.9 Å². The predicted molar refractivity (Wildman–Crippen MR) is 125 cm³/mol. The molecule has 1 amide bonds. The largest absolute Gasteiger partial charge is 0.454 e. The number of amides is 1. The highest BCUT2D eigenvalue weighted by Crippen LogP contribution is 2.40. The molecule has 10 heteroatoms. The first-order chi connectivity index (χ1) is 15.6. The van der Waals surface area contributed by atoms with Gasteiger partial charge in [-0.05, 0) is 25.0 Å². The molecule has 1 aliphatic carbocycles. The molecular formula is C22H20Cl2N4O3S. The minimum absolute atomic E-state index is 0.142. The van der Waals surface area contributed by atoms with Gasteiger partial charge in [0.2, 0.25) is 12.7 Å². The second kappa shape index (κ2) is 9.21. The average molecular weight is 491 g/mol. The van der Waals surface area contributed by atoms with E-state index in [0.717, 1.165) is 37.1 Å². The Morgan fingerprint density at radius 3 is 2.62 bits per heavy atom. The van der Waals surface area contributed by atoms with Gasteiger partial charge in [0.1, 0.15) is 0 Å². The monoisotopic (exact) mass is 490 g/mol. The number of thioether (sulfide) groups is 1. The highest BCUT2D eigenvalue weighted by Gasteiger charge is 2.26. The smallest absolute Gasteiger partial charge is 0.234 e. The van der Waals surface area contributed by atoms with Crippen molar-refractivity contribution in [1.82, 2.24) is 14.8 Å². The zero-order chi connectivity index (χ0) is 22.1. The number of carbonyl (C=O) groups excluding carboxylic acids is 1. The molecule has 0 atom stereocenters. The van der Waals surface area contributed by atoms with E-state index in [1.54, 1.807) is 12.1 Å². The Morgan fingerprint density at radius 2 is 1.84 bits per heavy atom. The van der Waals surface area contributed by atoms with Crippen LogP contribution in [0.5, 0.6) is 11.5 Å². The molecule has 1 N–H and O–H groups in total. The van der Waals surface area contributed by atoms with E-state index < -0.39 is 0 Å². The Kier molecular flexibility index (Phi) is 6.17. The van der Waals surface area contributed by atoms with E-state index in [4.69, 9.17) is 32.7 Å². The molecule has 2 heterocycles. The highest BCUT2D eigenvalue weighted by atomic mass is 35.5. The first kappa shape index (κ1) is 21.4. The lowest BCUT2D eigenvalue weighted by atomic mass is 10.2. The minimum atomic E-state index is -0.198. The van der Waals surface area contributed by atoms with Crippen molar-refractivity contribution in [2.24, 2.45) is 0 Å². The molecule has 1 aliphatic heterocycles. The molecule has 3 aromatic rings. The maximum atomic E-state index is 12.7. The lowest BCUT2D eigenvalue weighted by Gasteiger charge is -2.17. The Hall–Kier alpha value is -2.42. The Balaban J connectivity index is 1.34. The number of rotatable bonds is 6. The highest BCUT2D eigenvalue weighted by molar-refractivity contribution is 7.99. The maximum absolute atomic E-state index is 12.7. The molecule has 2 aliphatic rings. The van der Waals surface area contributed by atoms with Gasteiger partial charge in [-0.3, -0.25) is 9.36 Å². The van der Waals surface area contributed by atoms with Crippen LogP contribution in [-0.2, 0) is 4.79 Å². The molecule has 0 saturated heterocycles. The number of anilines is 1. The van der Waals surface area contributed by atoms with Crippen LogP contribution in [0.1, 0.15) is 31.7 Å². The number of halogens is 2. The summed E-state index contributed by atoms with van der Waals surface area (Å²) < 4.78 is 12.8. The minimum Gasteiger partial charge on any atom is -0.454 e. The molecule has 0 unspecified atom stereocenters. The van der Waals surface area contributed by atoms with Crippen LogP contribution in [0.2, 0.25) is 10.0 Å². The predicted octanol–water partition coefficient (Wildman–Crippen LogP) is 5.83. The fourth-order valence-corrected chi connectivity index (χ4v) is 5.25. The summed E-state index contributed by atoms with van der Waals surface area (Å²) in [4.78, 5) is 12.7. The Labute approximate surface area is 199 Å². The molecule has 166 valence electrons. The van der Waals surface area contributed by atoms with Crippen molar-refractivity contribution in [3.8, 4) is 22.9 Å². The summed E-state index contributed by atoms with van der Waals surface area (Å²) in [6, 6.07) is 11.2. The third-order valence-electron chi connectivity index (χ3n) is 5.54. The first-order valence-electron chi connectivity index (χ1n) is 10.3. The number of carbonyl (C=O) groups is 1. The van der Waals surface area contributed by atoms with Crippen LogP contribution >= 0.6 is 35.0 Å². The molecule has 1 aromatic heterocycles. The van der Waals surface area contributed by atoms with Crippen molar-refractivity contribution < 1.29 is 14.3 Å². The zero-order valence-corrected chi connectivity index (χ0v) is 19.3. The molecule has 32 heavy (non-hydrogen) atoms. The van der Waals surface area contributed by atoms with Crippen LogP contribution < -0.4 is 14.8 Å². The topological polar surface area (TPSA) is 78.3 Å². The summed E-state index contributed by atoms with van der Waals surface area (Å²) in [5, 5.41) is 13.4. The Bertz CT molecular complexity index is 1160. The van der Waals surface area contributed by atoms with E-state index in [0.29, 0.717) is 38.4 Å². The van der Waals surface area contributed by atoms with Crippen molar-refractivity contribution in [2.45, 2.75) is 36.9 Å². The summed E-state index contributed by atoms with van der Waals surface area (Å²) >= 11 is 14.1. The fraction of sp³-hybridized carbons (Fsp3) is 0.318. The van der Waals surface area contributed by atoms with Gasteiger partial charge in [-0.2, -0.15) is 0 Å². The molecule has 0 bridgehead atoms. The van der Waals surface area contributed by atoms with Gasteiger partial charge in [-0.25, -0.2) is 0 Å². The van der Waals surface area contributed by atoms with E-state index in [9.17, 15) is 4.79 Å². The van der Waals surface area contributed by atoms with Crippen molar-refractivity contribution in [1.29, 1.82) is 0 Å². The molecule has 5 rings (SSSR count). The number of hydrogen-bond donors (Lipinski definition) is 1. The molecule has 0 spiro atoms. The van der Waals surface area contributed by atoms with E-state index in [1.807, 2.05) is 24.3 Å². The molecule has 2 aromatic carbocycles. The van der Waals surface area contributed by atoms with Gasteiger partial charge < -0.3 is 14.8 Å². The van der Waals surface area contributed by atoms with Crippen LogP contribution in [0.4, 0.5) is 5.69 Å². The van der Waals surface area contributed by atoms with Crippen LogP contribution in [-0.4, -0.2) is 33.2 Å². The number of hydrogen-bond acceptors (Lipinski definition) is 6. The maximum Gasteiger partial charge on any atom is 0.234 e. The van der Waals surface area contributed by atoms with Gasteiger partial charge in [0.05, 0.1) is 21.5 Å². The standard InChI is InChI=1S/C22H20Cl2N4O3S/c23-15-8-4-3-7-14(15)21-26-27-22(28(21)13-5-1-2-6-13)32-11-20(29)25-17-10-19-18(9-16(17)24)30-12-31-19/h3-4,7-10,13H,1-2,5-6,11-12H2,(H,25,29). The molecular weight excluding hydrogens is 471 g/mol. The van der Waals surface area contributed by atoms with E-state index in [-0.39, 0.29) is 18.5 Å². The van der Waals surface area contributed by atoms with Crippen molar-refractivity contribution >= 4 is 46.6 Å². The van der Waals surface area contributed by atoms with Gasteiger partial charge in [0, 0.05) is 23.7 Å². The summed E-state index contributed by atoms with van der Waals surface area (Å²) in [6.07, 6.45) is 4.44. The quantitative estimate of drug-likeness (QED) is 0.438. The van der Waals surface area contributed by atoms with Gasteiger partial charge in [0.25, 0.3) is 0 Å². The van der Waals surface area contributed by atoms with Gasteiger partial charge in [0.15, 0.2) is 22.5 Å². The molecule has 1 fully saturated rings. The summed E-state index contributed by atoms with van der Waals surface area (Å²) in [5.41, 5.74) is 1.33. The van der Waals surface area contributed by atoms with Crippen molar-refractivity contribution in [3.05, 3.63) is 46.4 Å². The normalized spacial score (nSPS) is 15.3. The third kappa shape index (κ3) is 4.27. The number of fused-ring (bicyclic) bond motifs is 1. The lowest BCUT2D eigenvalue weighted by Crippen LogP contribution is -2.15. The van der Waals surface area contributed by atoms with Crippen molar-refractivity contribution in [3.63, 3.8) is 0 Å². The van der Waals surface area contributed by atoms with E-state index in [1.165, 1.54) is 11.8 Å². The molecule has 1 saturated carbocycles. The SMILES string of the molecule is O=C(CSc1nnc(-c2ccccc2Cl)n1C1CCCC1)Nc1cc2c(cc1Cl)OCO2. The molecule has 0 radical (unpaired) electrons. The van der Waals surface area contributed by atoms with E-state index in [2.05, 4.69) is 20.1 Å². The fourth-order valence-electron chi connectivity index (χ4n) is 4.02. The number of ether oxygens (including phenoxy) is 2. The van der Waals surface area contributed by atoms with Crippen LogP contribution in [0.15, 0.2) is 41.6 Å². The number of nitrogens with zero attached hydrogens (tertiary/aromatic N) is 3. The second-order valence-corrected chi connectivity index (χ2v) is 9.37. The summed E-state index contributed by atoms with van der Waals surface area (Å²) in [5.74, 6) is 1.83. The summed E-state index contributed by atoms with van der Waals surface area (Å²) in [7, 11) is 0. The Morgan fingerprint density at radius 1 is 1.09 bits per heavy atom. The van der Waals surface area contributed by atoms with E-state index >= 15 is 0 Å².